The molecule has 24 heavy (non-hydrogen) atoms. The van der Waals surface area contributed by atoms with Crippen LogP contribution in [0.5, 0.6) is 0 Å². The van der Waals surface area contributed by atoms with Crippen molar-refractivity contribution in [3.8, 4) is 0 Å². The number of primary amides is 1. The Morgan fingerprint density at radius 1 is 1.42 bits per heavy atom. The number of amides is 2. The molecule has 4 N–H and O–H groups in total. The number of nitrogens with one attached hydrogen (secondary N) is 2. The van der Waals surface area contributed by atoms with Crippen molar-refractivity contribution in [2.24, 2.45) is 11.7 Å². The third kappa shape index (κ3) is 4.35. The van der Waals surface area contributed by atoms with Crippen LogP contribution in [0.15, 0.2) is 16.6 Å². The third-order valence-electron chi connectivity index (χ3n) is 3.98. The highest BCUT2D eigenvalue weighted by Crippen LogP contribution is 2.27. The number of hydrogen-bond donors (Lipinski definition) is 3. The molecular formula is C15H19N5O2S2. The SMILES string of the molecule is NC(=O)c1ccsc1NC(=O)CSc1n[nH]c(CC2CCCC2)n1. The number of nitrogens with zero attached hydrogens (tertiary/aromatic N) is 2. The first-order valence-electron chi connectivity index (χ1n) is 7.83. The Morgan fingerprint density at radius 2 is 2.21 bits per heavy atom. The van der Waals surface area contributed by atoms with Crippen molar-refractivity contribution in [2.45, 2.75) is 37.3 Å². The van der Waals surface area contributed by atoms with E-state index in [-0.39, 0.29) is 11.7 Å². The van der Waals surface area contributed by atoms with Crippen molar-refractivity contribution in [1.29, 1.82) is 0 Å². The van der Waals surface area contributed by atoms with Crippen LogP contribution >= 0.6 is 23.1 Å². The fraction of sp³-hybridized carbons (Fsp3) is 0.467. The molecule has 0 aliphatic heterocycles. The van der Waals surface area contributed by atoms with Gasteiger partial charge in [0.25, 0.3) is 5.91 Å². The van der Waals surface area contributed by atoms with Crippen LogP contribution in [0.25, 0.3) is 0 Å². The van der Waals surface area contributed by atoms with Gasteiger partial charge in [0, 0.05) is 6.42 Å². The Labute approximate surface area is 147 Å². The summed E-state index contributed by atoms with van der Waals surface area (Å²) in [7, 11) is 0. The van der Waals surface area contributed by atoms with Gasteiger partial charge >= 0.3 is 0 Å². The number of rotatable bonds is 7. The molecule has 2 aromatic rings. The molecule has 2 heterocycles. The van der Waals surface area contributed by atoms with Gasteiger partial charge in [0.05, 0.1) is 11.3 Å². The highest BCUT2D eigenvalue weighted by atomic mass is 32.2. The van der Waals surface area contributed by atoms with Crippen molar-refractivity contribution < 1.29 is 9.59 Å². The maximum Gasteiger partial charge on any atom is 0.251 e. The highest BCUT2D eigenvalue weighted by molar-refractivity contribution is 7.99. The first kappa shape index (κ1) is 17.0. The van der Waals surface area contributed by atoms with Gasteiger partial charge in [-0.15, -0.1) is 16.4 Å². The van der Waals surface area contributed by atoms with Crippen LogP contribution in [0.1, 0.15) is 41.9 Å². The van der Waals surface area contributed by atoms with E-state index in [0.717, 1.165) is 12.2 Å². The normalized spacial score (nSPS) is 14.8. The Balaban J connectivity index is 1.48. The van der Waals surface area contributed by atoms with Crippen LogP contribution in [-0.2, 0) is 11.2 Å². The smallest absolute Gasteiger partial charge is 0.251 e. The lowest BCUT2D eigenvalue weighted by Gasteiger charge is -2.04. The predicted octanol–water partition coefficient (Wildman–Crippen LogP) is 2.43. The summed E-state index contributed by atoms with van der Waals surface area (Å²) in [6.07, 6.45) is 6.05. The predicted molar refractivity (Wildman–Crippen MR) is 94.2 cm³/mol. The zero-order chi connectivity index (χ0) is 16.9. The lowest BCUT2D eigenvalue weighted by molar-refractivity contribution is -0.113. The molecular weight excluding hydrogens is 346 g/mol. The van der Waals surface area contributed by atoms with Gasteiger partial charge in [-0.25, -0.2) is 4.98 Å². The monoisotopic (exact) mass is 365 g/mol. The number of anilines is 1. The number of aromatic nitrogens is 3. The summed E-state index contributed by atoms with van der Waals surface area (Å²) < 4.78 is 0. The molecule has 2 aromatic heterocycles. The van der Waals surface area contributed by atoms with Crippen molar-refractivity contribution in [2.75, 3.05) is 11.1 Å². The first-order valence-corrected chi connectivity index (χ1v) is 9.69. The Bertz CT molecular complexity index is 721. The molecule has 0 saturated heterocycles. The van der Waals surface area contributed by atoms with Crippen LogP contribution in [-0.4, -0.2) is 32.7 Å². The fourth-order valence-electron chi connectivity index (χ4n) is 2.81. The average Bonchev–Trinajstić information content (AvgIpc) is 3.27. The summed E-state index contributed by atoms with van der Waals surface area (Å²) in [5.41, 5.74) is 5.59. The van der Waals surface area contributed by atoms with Gasteiger partial charge in [-0.1, -0.05) is 37.4 Å². The summed E-state index contributed by atoms with van der Waals surface area (Å²) >= 11 is 2.54. The van der Waals surface area contributed by atoms with Crippen LogP contribution in [0, 0.1) is 5.92 Å². The van der Waals surface area contributed by atoms with E-state index in [1.54, 1.807) is 11.4 Å². The first-order chi connectivity index (χ1) is 11.6. The zero-order valence-electron chi connectivity index (χ0n) is 13.1. The standard InChI is InChI=1S/C15H19N5O2S2/c16-13(22)10-5-6-23-14(10)18-12(21)8-24-15-17-11(19-20-15)7-9-3-1-2-4-9/h5-6,9H,1-4,7-8H2,(H2,16,22)(H,18,21)(H,17,19,20). The van der Waals surface area contributed by atoms with Gasteiger partial charge < -0.3 is 11.1 Å². The molecule has 0 radical (unpaired) electrons. The molecule has 9 heteroatoms. The number of thiophene rings is 1. The second-order valence-electron chi connectivity index (χ2n) is 5.78. The number of nitrogens with two attached hydrogens (primary N) is 1. The summed E-state index contributed by atoms with van der Waals surface area (Å²) in [6, 6.07) is 1.60. The summed E-state index contributed by atoms with van der Waals surface area (Å²) in [5.74, 6) is 0.998. The molecule has 1 aliphatic carbocycles. The number of aromatic amines is 1. The summed E-state index contributed by atoms with van der Waals surface area (Å²) in [5, 5.41) is 12.6. The second kappa shape index (κ2) is 7.80. The number of carbonyl (C=O) groups excluding carboxylic acids is 2. The molecule has 1 aliphatic rings. The van der Waals surface area contributed by atoms with E-state index in [4.69, 9.17) is 5.73 Å². The number of hydrogen-bond acceptors (Lipinski definition) is 6. The largest absolute Gasteiger partial charge is 0.366 e. The molecule has 0 atom stereocenters. The van der Waals surface area contributed by atoms with Crippen molar-refractivity contribution in [3.63, 3.8) is 0 Å². The van der Waals surface area contributed by atoms with Gasteiger partial charge in [-0.05, 0) is 17.4 Å². The van der Waals surface area contributed by atoms with Gasteiger partial charge in [0.15, 0.2) is 0 Å². The second-order valence-corrected chi connectivity index (χ2v) is 7.64. The molecule has 0 aromatic carbocycles. The van der Waals surface area contributed by atoms with Crippen molar-refractivity contribution in [1.82, 2.24) is 15.2 Å². The molecule has 128 valence electrons. The van der Waals surface area contributed by atoms with E-state index >= 15 is 0 Å². The fourth-order valence-corrected chi connectivity index (χ4v) is 4.24. The summed E-state index contributed by atoms with van der Waals surface area (Å²) in [4.78, 5) is 27.7. The van der Waals surface area contributed by atoms with Gasteiger partial charge in [0.2, 0.25) is 11.1 Å². The van der Waals surface area contributed by atoms with Crippen molar-refractivity contribution in [3.05, 3.63) is 22.8 Å². The lowest BCUT2D eigenvalue weighted by atomic mass is 10.0. The van der Waals surface area contributed by atoms with Crippen LogP contribution in [0.4, 0.5) is 5.00 Å². The topological polar surface area (TPSA) is 114 Å². The quantitative estimate of drug-likeness (QED) is 0.652. The van der Waals surface area contributed by atoms with E-state index in [1.807, 2.05) is 0 Å². The minimum Gasteiger partial charge on any atom is -0.366 e. The minimum absolute atomic E-state index is 0.177. The average molecular weight is 365 g/mol. The van der Waals surface area contributed by atoms with E-state index in [9.17, 15) is 9.59 Å². The molecule has 2 amide bonds. The Kier molecular flexibility index (Phi) is 5.52. The van der Waals surface area contributed by atoms with E-state index in [2.05, 4.69) is 20.5 Å². The molecule has 0 bridgehead atoms. The molecule has 1 saturated carbocycles. The maximum atomic E-state index is 12.0. The molecule has 1 fully saturated rings. The van der Waals surface area contributed by atoms with Crippen molar-refractivity contribution >= 4 is 39.9 Å². The molecule has 0 spiro atoms. The minimum atomic E-state index is -0.551. The van der Waals surface area contributed by atoms with Gasteiger partial charge in [-0.3, -0.25) is 14.7 Å². The molecule has 0 unspecified atom stereocenters. The highest BCUT2D eigenvalue weighted by Gasteiger charge is 2.18. The van der Waals surface area contributed by atoms with Gasteiger partial charge in [0.1, 0.15) is 10.8 Å². The zero-order valence-corrected chi connectivity index (χ0v) is 14.7. The third-order valence-corrected chi connectivity index (χ3v) is 5.66. The Morgan fingerprint density at radius 3 is 2.96 bits per heavy atom. The maximum absolute atomic E-state index is 12.0. The Hall–Kier alpha value is -1.87. The van der Waals surface area contributed by atoms with Crippen LogP contribution < -0.4 is 11.1 Å². The van der Waals surface area contributed by atoms with E-state index in [0.29, 0.717) is 21.6 Å². The van der Waals surface area contributed by atoms with E-state index in [1.165, 1.54) is 48.8 Å². The summed E-state index contributed by atoms with van der Waals surface area (Å²) in [6.45, 7) is 0. The van der Waals surface area contributed by atoms with Crippen LogP contribution in [0.2, 0.25) is 0 Å². The van der Waals surface area contributed by atoms with Crippen LogP contribution in [0.3, 0.4) is 0 Å². The number of carbonyl (C=O) groups is 2. The number of H-pyrrole nitrogens is 1. The lowest BCUT2D eigenvalue weighted by Crippen LogP contribution is -2.17. The molecule has 7 nitrogen and oxygen atoms in total. The molecule has 3 rings (SSSR count). The van der Waals surface area contributed by atoms with E-state index < -0.39 is 5.91 Å². The van der Waals surface area contributed by atoms with Gasteiger partial charge in [-0.2, -0.15) is 0 Å². The number of thioether (sulfide) groups is 1.